The molecule has 0 aliphatic rings. The van der Waals surface area contributed by atoms with Gasteiger partial charge in [-0.2, -0.15) is 0 Å². The van der Waals surface area contributed by atoms with Crippen molar-refractivity contribution in [1.82, 2.24) is 0 Å². The van der Waals surface area contributed by atoms with Gasteiger partial charge in [-0.05, 0) is 55.3 Å². The summed E-state index contributed by atoms with van der Waals surface area (Å²) in [5, 5.41) is 0. The van der Waals surface area contributed by atoms with E-state index in [1.807, 2.05) is 43.3 Å². The molecule has 0 fully saturated rings. The molecule has 1 nitrogen and oxygen atoms in total. The third kappa shape index (κ3) is 6.18. The smallest absolute Gasteiger partial charge is 0.119 e. The molecule has 24 heavy (non-hydrogen) atoms. The molecule has 0 bridgehead atoms. The highest BCUT2D eigenvalue weighted by molar-refractivity contribution is 5.52. The van der Waals surface area contributed by atoms with Crippen LogP contribution in [0.3, 0.4) is 0 Å². The van der Waals surface area contributed by atoms with Gasteiger partial charge in [0.05, 0.1) is 0 Å². The monoisotopic (exact) mass is 316 g/mol. The Bertz CT molecular complexity index is 722. The molecule has 0 heterocycles. The van der Waals surface area contributed by atoms with Crippen LogP contribution in [0.5, 0.6) is 5.75 Å². The summed E-state index contributed by atoms with van der Waals surface area (Å²) in [4.78, 5) is 0. The molecule has 0 saturated carbocycles. The van der Waals surface area contributed by atoms with Gasteiger partial charge >= 0.3 is 0 Å². The van der Waals surface area contributed by atoms with Gasteiger partial charge in [0.2, 0.25) is 0 Å². The van der Waals surface area contributed by atoms with Crippen molar-refractivity contribution in [2.75, 3.05) is 6.61 Å². The Hall–Kier alpha value is -2.72. The zero-order valence-corrected chi connectivity index (χ0v) is 14.5. The van der Waals surface area contributed by atoms with Crippen molar-refractivity contribution in [3.05, 3.63) is 83.4 Å². The summed E-state index contributed by atoms with van der Waals surface area (Å²) in [6.07, 6.45) is 10.6. The Morgan fingerprint density at radius 1 is 0.875 bits per heavy atom. The van der Waals surface area contributed by atoms with Crippen molar-refractivity contribution in [1.29, 1.82) is 0 Å². The molecule has 1 heteroatoms. The number of hydrogen-bond acceptors (Lipinski definition) is 1. The fourth-order valence-corrected chi connectivity index (χ4v) is 2.08. The van der Waals surface area contributed by atoms with E-state index in [9.17, 15) is 0 Å². The maximum atomic E-state index is 5.58. The van der Waals surface area contributed by atoms with E-state index in [0.717, 1.165) is 23.3 Å². The predicted octanol–water partition coefficient (Wildman–Crippen LogP) is 5.85. The molecule has 0 unspecified atom stereocenters. The highest BCUT2D eigenvalue weighted by atomic mass is 16.5. The van der Waals surface area contributed by atoms with Crippen molar-refractivity contribution in [2.24, 2.45) is 0 Å². The second kappa shape index (κ2) is 10.1. The van der Waals surface area contributed by atoms with Gasteiger partial charge in [-0.25, -0.2) is 0 Å². The van der Waals surface area contributed by atoms with Gasteiger partial charge in [-0.15, -0.1) is 0 Å². The molecule has 2 aromatic rings. The average Bonchev–Trinajstić information content (AvgIpc) is 2.63. The fourth-order valence-electron chi connectivity index (χ4n) is 2.08. The molecule has 0 aliphatic carbocycles. The Kier molecular flexibility index (Phi) is 7.44. The summed E-state index contributed by atoms with van der Waals surface area (Å²) >= 11 is 0. The molecule has 0 radical (unpaired) electrons. The molecular weight excluding hydrogens is 292 g/mol. The number of unbranched alkanes of at least 4 members (excludes halogenated alkanes) is 1. The topological polar surface area (TPSA) is 9.23 Å². The van der Waals surface area contributed by atoms with E-state index in [4.69, 9.17) is 4.74 Å². The third-order valence-electron chi connectivity index (χ3n) is 3.46. The van der Waals surface area contributed by atoms with E-state index in [1.165, 1.54) is 12.0 Å². The van der Waals surface area contributed by atoms with Crippen LogP contribution >= 0.6 is 0 Å². The van der Waals surface area contributed by atoms with Crippen LogP contribution in [0, 0.1) is 11.8 Å². The maximum absolute atomic E-state index is 5.58. The lowest BCUT2D eigenvalue weighted by atomic mass is 10.1. The van der Waals surface area contributed by atoms with Gasteiger partial charge in [0.15, 0.2) is 0 Å². The predicted molar refractivity (Wildman–Crippen MR) is 103 cm³/mol. The lowest BCUT2D eigenvalue weighted by Crippen LogP contribution is -1.92. The molecule has 0 N–H and O–H groups in total. The first-order valence-corrected chi connectivity index (χ1v) is 8.44. The quantitative estimate of drug-likeness (QED) is 0.479. The first-order chi connectivity index (χ1) is 11.8. The third-order valence-corrected chi connectivity index (χ3v) is 3.46. The molecule has 122 valence electrons. The van der Waals surface area contributed by atoms with Crippen LogP contribution in [0.1, 0.15) is 43.4 Å². The number of allylic oxidation sites excluding steroid dienone is 2. The van der Waals surface area contributed by atoms with E-state index in [1.54, 1.807) is 0 Å². The fraction of sp³-hybridized carbons (Fsp3) is 0.217. The lowest BCUT2D eigenvalue weighted by molar-refractivity contribution is 0.362. The summed E-state index contributed by atoms with van der Waals surface area (Å²) in [6.45, 7) is 4.76. The molecule has 0 aromatic heterocycles. The SMILES string of the molecule is CC=CCOc1ccc(C#Cc2ccc(C=CCCC)cc2)cc1. The average molecular weight is 316 g/mol. The van der Waals surface area contributed by atoms with Crippen molar-refractivity contribution in [2.45, 2.75) is 26.7 Å². The number of benzene rings is 2. The first kappa shape index (κ1) is 17.6. The van der Waals surface area contributed by atoms with Gasteiger partial charge in [0, 0.05) is 11.1 Å². The molecular formula is C23H24O. The van der Waals surface area contributed by atoms with E-state index in [0.29, 0.717) is 6.61 Å². The normalized spacial score (nSPS) is 10.8. The molecule has 0 amide bonds. The van der Waals surface area contributed by atoms with Crippen LogP contribution in [-0.4, -0.2) is 6.61 Å². The van der Waals surface area contributed by atoms with Crippen molar-refractivity contribution in [3.8, 4) is 17.6 Å². The van der Waals surface area contributed by atoms with E-state index in [-0.39, 0.29) is 0 Å². The second-order valence-electron chi connectivity index (χ2n) is 5.47. The standard InChI is InChI=1S/C23H24O/c1-3-5-7-8-20-9-11-21(12-10-20)13-14-22-15-17-23(18-16-22)24-19-6-4-2/h4,6-12,15-18H,3,5,19H2,1-2H3. The molecule has 2 rings (SSSR count). The maximum Gasteiger partial charge on any atom is 0.119 e. The lowest BCUT2D eigenvalue weighted by Gasteiger charge is -2.02. The van der Waals surface area contributed by atoms with Gasteiger partial charge in [-0.1, -0.05) is 61.6 Å². The largest absolute Gasteiger partial charge is 0.490 e. The highest BCUT2D eigenvalue weighted by Gasteiger charge is 1.93. The Morgan fingerprint density at radius 2 is 1.50 bits per heavy atom. The van der Waals surface area contributed by atoms with Gasteiger partial charge < -0.3 is 4.74 Å². The molecule has 0 spiro atoms. The van der Waals surface area contributed by atoms with E-state index in [2.05, 4.69) is 55.2 Å². The van der Waals surface area contributed by atoms with Crippen molar-refractivity contribution >= 4 is 6.08 Å². The summed E-state index contributed by atoms with van der Waals surface area (Å²) < 4.78 is 5.58. The summed E-state index contributed by atoms with van der Waals surface area (Å²) in [7, 11) is 0. The van der Waals surface area contributed by atoms with Crippen molar-refractivity contribution < 1.29 is 4.74 Å². The number of hydrogen-bond donors (Lipinski definition) is 0. The van der Waals surface area contributed by atoms with Crippen LogP contribution in [0.4, 0.5) is 0 Å². The Morgan fingerprint density at radius 3 is 2.08 bits per heavy atom. The van der Waals surface area contributed by atoms with Gasteiger partial charge in [-0.3, -0.25) is 0 Å². The first-order valence-electron chi connectivity index (χ1n) is 8.44. The van der Waals surface area contributed by atoms with Gasteiger partial charge in [0.25, 0.3) is 0 Å². The highest BCUT2D eigenvalue weighted by Crippen LogP contribution is 2.12. The van der Waals surface area contributed by atoms with Crippen LogP contribution in [-0.2, 0) is 0 Å². The summed E-state index contributed by atoms with van der Waals surface area (Å²) in [5.41, 5.74) is 3.23. The second-order valence-corrected chi connectivity index (χ2v) is 5.47. The number of ether oxygens (including phenoxy) is 1. The van der Waals surface area contributed by atoms with Crippen LogP contribution in [0.25, 0.3) is 6.08 Å². The molecule has 2 aromatic carbocycles. The Balaban J connectivity index is 1.96. The Labute approximate surface area is 145 Å². The minimum absolute atomic E-state index is 0.598. The minimum Gasteiger partial charge on any atom is -0.490 e. The number of rotatable bonds is 6. The van der Waals surface area contributed by atoms with Crippen LogP contribution < -0.4 is 4.74 Å². The van der Waals surface area contributed by atoms with Crippen molar-refractivity contribution in [3.63, 3.8) is 0 Å². The summed E-state index contributed by atoms with van der Waals surface area (Å²) in [6, 6.07) is 16.2. The van der Waals surface area contributed by atoms with E-state index >= 15 is 0 Å². The zero-order valence-electron chi connectivity index (χ0n) is 14.5. The zero-order chi connectivity index (χ0) is 17.0. The summed E-state index contributed by atoms with van der Waals surface area (Å²) in [5.74, 6) is 7.25. The molecule has 0 aliphatic heterocycles. The van der Waals surface area contributed by atoms with E-state index < -0.39 is 0 Å². The minimum atomic E-state index is 0.598. The van der Waals surface area contributed by atoms with Crippen LogP contribution in [0.2, 0.25) is 0 Å². The van der Waals surface area contributed by atoms with Gasteiger partial charge in [0.1, 0.15) is 12.4 Å². The molecule has 0 saturated heterocycles. The molecule has 0 atom stereocenters. The van der Waals surface area contributed by atoms with Crippen LogP contribution in [0.15, 0.2) is 66.8 Å².